The van der Waals surface area contributed by atoms with Gasteiger partial charge in [-0.1, -0.05) is 0 Å². The van der Waals surface area contributed by atoms with Crippen LogP contribution in [0.5, 0.6) is 11.5 Å². The van der Waals surface area contributed by atoms with E-state index in [1.807, 2.05) is 19.9 Å². The van der Waals surface area contributed by atoms with Gasteiger partial charge in [-0.15, -0.1) is 0 Å². The zero-order valence-corrected chi connectivity index (χ0v) is 7.20. The van der Waals surface area contributed by atoms with Crippen LogP contribution in [0.15, 0.2) is 12.3 Å². The minimum absolute atomic E-state index is 0.138. The first-order chi connectivity index (χ1) is 5.77. The number of nitrogens with zero attached hydrogens (tertiary/aromatic N) is 1. The Kier molecular flexibility index (Phi) is 1.64. The zero-order chi connectivity index (χ0) is 8.55. The first-order valence-electron chi connectivity index (χ1n) is 4.02. The molecule has 0 saturated carbocycles. The largest absolute Gasteiger partial charge is 0.484 e. The van der Waals surface area contributed by atoms with E-state index in [1.165, 1.54) is 0 Å². The Balaban J connectivity index is 2.42. The lowest BCUT2D eigenvalue weighted by Gasteiger charge is -2.24. The minimum atomic E-state index is 0.138. The molecule has 0 bridgehead atoms. The lowest BCUT2D eigenvalue weighted by molar-refractivity contribution is 0.103. The Morgan fingerprint density at radius 3 is 3.25 bits per heavy atom. The van der Waals surface area contributed by atoms with Gasteiger partial charge in [0.05, 0.1) is 5.69 Å². The Bertz CT molecular complexity index is 299. The van der Waals surface area contributed by atoms with Gasteiger partial charge in [-0.3, -0.25) is 4.98 Å². The van der Waals surface area contributed by atoms with Crippen molar-refractivity contribution in [2.75, 3.05) is 6.61 Å². The third-order valence-electron chi connectivity index (χ3n) is 1.84. The molecule has 2 rings (SSSR count). The van der Waals surface area contributed by atoms with Crippen LogP contribution in [0.1, 0.15) is 12.6 Å². The molecule has 12 heavy (non-hydrogen) atoms. The molecule has 0 aliphatic carbocycles. The molecule has 0 N–H and O–H groups in total. The van der Waals surface area contributed by atoms with Crippen molar-refractivity contribution in [1.29, 1.82) is 0 Å². The molecule has 0 fully saturated rings. The van der Waals surface area contributed by atoms with Gasteiger partial charge >= 0.3 is 0 Å². The maximum Gasteiger partial charge on any atom is 0.182 e. The average Bonchev–Trinajstić information content (AvgIpc) is 2.04. The van der Waals surface area contributed by atoms with Crippen molar-refractivity contribution in [2.24, 2.45) is 0 Å². The highest BCUT2D eigenvalue weighted by molar-refractivity contribution is 5.43. The number of ether oxygens (including phenoxy) is 2. The number of fused-ring (bicyclic) bond motifs is 1. The van der Waals surface area contributed by atoms with Gasteiger partial charge in [-0.05, 0) is 13.8 Å². The van der Waals surface area contributed by atoms with Crippen molar-refractivity contribution in [2.45, 2.75) is 20.0 Å². The summed E-state index contributed by atoms with van der Waals surface area (Å²) in [7, 11) is 0. The fraction of sp³-hybridized carbons (Fsp3) is 0.444. The Hall–Kier alpha value is -1.25. The molecule has 1 aromatic heterocycles. The lowest BCUT2D eigenvalue weighted by Crippen LogP contribution is -2.26. The van der Waals surface area contributed by atoms with E-state index in [0.29, 0.717) is 6.61 Å². The van der Waals surface area contributed by atoms with E-state index < -0.39 is 0 Å². The van der Waals surface area contributed by atoms with Crippen LogP contribution in [0, 0.1) is 6.92 Å². The molecule has 2 heterocycles. The quantitative estimate of drug-likeness (QED) is 0.584. The first-order valence-corrected chi connectivity index (χ1v) is 4.02. The van der Waals surface area contributed by atoms with Crippen molar-refractivity contribution in [3.63, 3.8) is 0 Å². The predicted molar refractivity (Wildman–Crippen MR) is 44.6 cm³/mol. The zero-order valence-electron chi connectivity index (χ0n) is 7.20. The summed E-state index contributed by atoms with van der Waals surface area (Å²) in [5.74, 6) is 1.59. The Morgan fingerprint density at radius 2 is 2.42 bits per heavy atom. The van der Waals surface area contributed by atoms with E-state index >= 15 is 0 Å². The summed E-state index contributed by atoms with van der Waals surface area (Å²) >= 11 is 0. The van der Waals surface area contributed by atoms with Gasteiger partial charge < -0.3 is 9.47 Å². The van der Waals surface area contributed by atoms with Crippen LogP contribution in [0.25, 0.3) is 0 Å². The second-order valence-electron chi connectivity index (χ2n) is 2.96. The molecule has 1 atom stereocenters. The molecular formula is C9H11NO2. The summed E-state index contributed by atoms with van der Waals surface area (Å²) < 4.78 is 11.0. The summed E-state index contributed by atoms with van der Waals surface area (Å²) in [4.78, 5) is 4.11. The number of aryl methyl sites for hydroxylation is 1. The van der Waals surface area contributed by atoms with E-state index in [0.717, 1.165) is 17.2 Å². The summed E-state index contributed by atoms with van der Waals surface area (Å²) in [5, 5.41) is 0. The van der Waals surface area contributed by atoms with Gasteiger partial charge in [-0.25, -0.2) is 0 Å². The van der Waals surface area contributed by atoms with Crippen molar-refractivity contribution < 1.29 is 9.47 Å². The van der Waals surface area contributed by atoms with Crippen LogP contribution in [0.3, 0.4) is 0 Å². The van der Waals surface area contributed by atoms with Crippen LogP contribution < -0.4 is 9.47 Å². The highest BCUT2D eigenvalue weighted by Crippen LogP contribution is 2.32. The third kappa shape index (κ3) is 1.11. The highest BCUT2D eigenvalue weighted by atomic mass is 16.6. The van der Waals surface area contributed by atoms with E-state index in [-0.39, 0.29) is 6.10 Å². The van der Waals surface area contributed by atoms with Gasteiger partial charge in [0.25, 0.3) is 0 Å². The van der Waals surface area contributed by atoms with Crippen molar-refractivity contribution in [1.82, 2.24) is 4.98 Å². The summed E-state index contributed by atoms with van der Waals surface area (Å²) in [6.45, 7) is 4.51. The molecule has 1 aliphatic rings. The minimum Gasteiger partial charge on any atom is -0.484 e. The van der Waals surface area contributed by atoms with E-state index in [9.17, 15) is 0 Å². The molecule has 0 spiro atoms. The molecule has 0 saturated heterocycles. The Labute approximate surface area is 71.3 Å². The van der Waals surface area contributed by atoms with Crippen LogP contribution in [-0.4, -0.2) is 17.7 Å². The standard InChI is InChI=1S/C9H11NO2/c1-6-5-11-9-7(2)10-4-3-8(9)12-6/h3-4,6H,5H2,1-2H3. The SMILES string of the molecule is Cc1nccc2c1OCC(C)O2. The molecule has 1 aliphatic heterocycles. The molecule has 0 amide bonds. The molecular weight excluding hydrogens is 154 g/mol. The van der Waals surface area contributed by atoms with Crippen LogP contribution in [-0.2, 0) is 0 Å². The monoisotopic (exact) mass is 165 g/mol. The fourth-order valence-electron chi connectivity index (χ4n) is 1.25. The summed E-state index contributed by atoms with van der Waals surface area (Å²) in [6, 6.07) is 1.83. The second-order valence-corrected chi connectivity index (χ2v) is 2.96. The predicted octanol–water partition coefficient (Wildman–Crippen LogP) is 1.55. The third-order valence-corrected chi connectivity index (χ3v) is 1.84. The molecule has 1 unspecified atom stereocenters. The fourth-order valence-corrected chi connectivity index (χ4v) is 1.25. The van der Waals surface area contributed by atoms with E-state index in [4.69, 9.17) is 9.47 Å². The van der Waals surface area contributed by atoms with Gasteiger partial charge in [-0.2, -0.15) is 0 Å². The van der Waals surface area contributed by atoms with Gasteiger partial charge in [0, 0.05) is 12.3 Å². The lowest BCUT2D eigenvalue weighted by atomic mass is 10.3. The smallest absolute Gasteiger partial charge is 0.182 e. The van der Waals surface area contributed by atoms with Crippen LogP contribution in [0.4, 0.5) is 0 Å². The van der Waals surface area contributed by atoms with Crippen molar-refractivity contribution in [3.05, 3.63) is 18.0 Å². The molecule has 3 nitrogen and oxygen atoms in total. The molecule has 0 aromatic carbocycles. The summed E-state index contributed by atoms with van der Waals surface area (Å²) in [5.41, 5.74) is 0.888. The van der Waals surface area contributed by atoms with E-state index in [1.54, 1.807) is 6.20 Å². The molecule has 0 radical (unpaired) electrons. The normalized spacial score (nSPS) is 20.7. The van der Waals surface area contributed by atoms with Gasteiger partial charge in [0.1, 0.15) is 12.7 Å². The topological polar surface area (TPSA) is 31.4 Å². The van der Waals surface area contributed by atoms with E-state index in [2.05, 4.69) is 4.98 Å². The van der Waals surface area contributed by atoms with Crippen molar-refractivity contribution >= 4 is 0 Å². The first kappa shape index (κ1) is 7.40. The number of hydrogen-bond donors (Lipinski definition) is 0. The van der Waals surface area contributed by atoms with Gasteiger partial charge in [0.15, 0.2) is 11.5 Å². The summed E-state index contributed by atoms with van der Waals surface area (Å²) in [6.07, 6.45) is 1.87. The average molecular weight is 165 g/mol. The Morgan fingerprint density at radius 1 is 1.58 bits per heavy atom. The number of pyridine rings is 1. The number of aromatic nitrogens is 1. The molecule has 3 heteroatoms. The number of rotatable bonds is 0. The molecule has 1 aromatic rings. The van der Waals surface area contributed by atoms with Gasteiger partial charge in [0.2, 0.25) is 0 Å². The van der Waals surface area contributed by atoms with Crippen molar-refractivity contribution in [3.8, 4) is 11.5 Å². The maximum atomic E-state index is 5.55. The number of hydrogen-bond acceptors (Lipinski definition) is 3. The second kappa shape index (κ2) is 2.66. The van der Waals surface area contributed by atoms with Crippen LogP contribution >= 0.6 is 0 Å². The highest BCUT2D eigenvalue weighted by Gasteiger charge is 2.18. The molecule has 64 valence electrons. The maximum absolute atomic E-state index is 5.55. The van der Waals surface area contributed by atoms with Crippen LogP contribution in [0.2, 0.25) is 0 Å².